The molecule has 0 aromatic heterocycles. The molecule has 0 saturated carbocycles. The second-order valence-electron chi connectivity index (χ2n) is 2.51. The highest BCUT2D eigenvalue weighted by atomic mass is 16.5. The van der Waals surface area contributed by atoms with Crippen LogP contribution in [0.3, 0.4) is 0 Å². The minimum Gasteiger partial charge on any atom is -0.480 e. The summed E-state index contributed by atoms with van der Waals surface area (Å²) < 4.78 is 9.46. The zero-order chi connectivity index (χ0) is 8.32. The lowest BCUT2D eigenvalue weighted by atomic mass is 10.1. The van der Waals surface area contributed by atoms with E-state index in [9.17, 15) is 4.79 Å². The molecule has 11 heavy (non-hydrogen) atoms. The summed E-state index contributed by atoms with van der Waals surface area (Å²) in [6.45, 7) is 0. The zero-order valence-corrected chi connectivity index (χ0v) is 6.37. The van der Waals surface area contributed by atoms with E-state index >= 15 is 0 Å². The summed E-state index contributed by atoms with van der Waals surface area (Å²) in [7, 11) is 1.33. The first kappa shape index (κ1) is 8.07. The lowest BCUT2D eigenvalue weighted by Crippen LogP contribution is -2.41. The molecule has 1 rings (SSSR count). The Morgan fingerprint density at radius 3 is 3.09 bits per heavy atom. The van der Waals surface area contributed by atoms with Crippen molar-refractivity contribution in [2.45, 2.75) is 18.6 Å². The normalized spacial score (nSPS) is 28.2. The summed E-state index contributed by atoms with van der Waals surface area (Å²) in [5.74, 6) is -0.351. The van der Waals surface area contributed by atoms with E-state index in [1.165, 1.54) is 13.4 Å². The number of nitrogens with two attached hydrogens (primary N) is 1. The molecule has 0 unspecified atom stereocenters. The lowest BCUT2D eigenvalue weighted by molar-refractivity contribution is -0.145. The van der Waals surface area contributed by atoms with Gasteiger partial charge >= 0.3 is 5.97 Å². The lowest BCUT2D eigenvalue weighted by Gasteiger charge is -2.21. The second-order valence-corrected chi connectivity index (χ2v) is 2.51. The fourth-order valence-electron chi connectivity index (χ4n) is 0.910. The minimum absolute atomic E-state index is 0.0938. The molecule has 1 aliphatic heterocycles. The maximum Gasteiger partial charge on any atom is 0.311 e. The molecule has 0 fully saturated rings. The third-order valence-corrected chi connectivity index (χ3v) is 1.53. The summed E-state index contributed by atoms with van der Waals surface area (Å²) in [6, 6.07) is 0. The minimum atomic E-state index is -0.868. The van der Waals surface area contributed by atoms with Gasteiger partial charge in [0.05, 0.1) is 19.8 Å². The van der Waals surface area contributed by atoms with Gasteiger partial charge in [-0.05, 0) is 6.08 Å². The summed E-state index contributed by atoms with van der Waals surface area (Å²) >= 11 is 0. The summed E-state index contributed by atoms with van der Waals surface area (Å²) in [5.41, 5.74) is 4.78. The van der Waals surface area contributed by atoms with Crippen LogP contribution < -0.4 is 5.73 Å². The Bertz CT molecular complexity index is 180. The molecule has 0 radical (unpaired) electrons. The molecule has 0 aromatic rings. The Labute approximate surface area is 65.0 Å². The molecule has 4 nitrogen and oxygen atoms in total. The Hall–Kier alpha value is -1.03. The van der Waals surface area contributed by atoms with Crippen LogP contribution in [0, 0.1) is 0 Å². The second kappa shape index (κ2) is 2.92. The van der Waals surface area contributed by atoms with Gasteiger partial charge in [0.15, 0.2) is 5.72 Å². The van der Waals surface area contributed by atoms with Crippen molar-refractivity contribution in [2.24, 2.45) is 5.73 Å². The van der Waals surface area contributed by atoms with Crippen LogP contribution >= 0.6 is 0 Å². The number of carbonyl (C=O) groups excluding carboxylic acids is 1. The standard InChI is InChI=1S/C7H11NO3/c1-10-6(9)5-7(8)3-2-4-11-7/h2,4H,3,5,8H2,1H3/t7-/m1/s1. The van der Waals surface area contributed by atoms with Gasteiger partial charge in [0.1, 0.15) is 0 Å². The van der Waals surface area contributed by atoms with Crippen LogP contribution in [0.4, 0.5) is 0 Å². The average Bonchev–Trinajstić information content (AvgIpc) is 2.36. The molecule has 1 aliphatic rings. The van der Waals surface area contributed by atoms with E-state index < -0.39 is 5.72 Å². The fourth-order valence-corrected chi connectivity index (χ4v) is 0.910. The van der Waals surface area contributed by atoms with Crippen molar-refractivity contribution in [1.29, 1.82) is 0 Å². The maximum absolute atomic E-state index is 10.8. The van der Waals surface area contributed by atoms with Gasteiger partial charge in [-0.3, -0.25) is 10.5 Å². The molecule has 1 atom stereocenters. The van der Waals surface area contributed by atoms with Gasteiger partial charge in [0, 0.05) is 6.42 Å². The van der Waals surface area contributed by atoms with Crippen LogP contribution in [0.1, 0.15) is 12.8 Å². The van der Waals surface area contributed by atoms with Gasteiger partial charge in [0.2, 0.25) is 0 Å². The molecule has 2 N–H and O–H groups in total. The predicted molar refractivity (Wildman–Crippen MR) is 38.4 cm³/mol. The van der Waals surface area contributed by atoms with Crippen molar-refractivity contribution in [1.82, 2.24) is 0 Å². The van der Waals surface area contributed by atoms with Gasteiger partial charge in [-0.25, -0.2) is 0 Å². The van der Waals surface area contributed by atoms with Crippen LogP contribution in [-0.2, 0) is 14.3 Å². The van der Waals surface area contributed by atoms with E-state index in [0.717, 1.165) is 0 Å². The summed E-state index contributed by atoms with van der Waals surface area (Å²) in [5, 5.41) is 0. The van der Waals surface area contributed by atoms with Gasteiger partial charge < -0.3 is 9.47 Å². The number of esters is 1. The molecule has 0 spiro atoms. The van der Waals surface area contributed by atoms with Crippen LogP contribution in [0.2, 0.25) is 0 Å². The van der Waals surface area contributed by atoms with E-state index in [1.54, 1.807) is 6.08 Å². The monoisotopic (exact) mass is 157 g/mol. The van der Waals surface area contributed by atoms with Crippen molar-refractivity contribution in [3.8, 4) is 0 Å². The zero-order valence-electron chi connectivity index (χ0n) is 6.37. The number of ether oxygens (including phenoxy) is 2. The van der Waals surface area contributed by atoms with Crippen LogP contribution in [0.15, 0.2) is 12.3 Å². The van der Waals surface area contributed by atoms with E-state index in [-0.39, 0.29) is 12.4 Å². The fraction of sp³-hybridized carbons (Fsp3) is 0.571. The number of methoxy groups -OCH3 is 1. The molecule has 0 amide bonds. The molecule has 0 aromatic carbocycles. The highest BCUT2D eigenvalue weighted by Gasteiger charge is 2.31. The molecule has 1 heterocycles. The van der Waals surface area contributed by atoms with E-state index in [1.807, 2.05) is 0 Å². The molecular formula is C7H11NO3. The summed E-state index contributed by atoms with van der Waals surface area (Å²) in [6.07, 6.45) is 3.94. The van der Waals surface area contributed by atoms with Crippen molar-refractivity contribution in [3.63, 3.8) is 0 Å². The van der Waals surface area contributed by atoms with Crippen molar-refractivity contribution >= 4 is 5.97 Å². The van der Waals surface area contributed by atoms with Gasteiger partial charge in [-0.15, -0.1) is 0 Å². The van der Waals surface area contributed by atoms with Crippen molar-refractivity contribution in [3.05, 3.63) is 12.3 Å². The number of hydrogen-bond acceptors (Lipinski definition) is 4. The molecule has 0 saturated heterocycles. The third-order valence-electron chi connectivity index (χ3n) is 1.53. The molecule has 0 aliphatic carbocycles. The van der Waals surface area contributed by atoms with Crippen LogP contribution in [-0.4, -0.2) is 18.8 Å². The molecule has 4 heteroatoms. The highest BCUT2D eigenvalue weighted by Crippen LogP contribution is 2.21. The van der Waals surface area contributed by atoms with Crippen molar-refractivity contribution < 1.29 is 14.3 Å². The topological polar surface area (TPSA) is 61.5 Å². The Morgan fingerprint density at radius 1 is 1.91 bits per heavy atom. The number of carbonyl (C=O) groups is 1. The SMILES string of the molecule is COC(=O)C[C@@]1(N)CC=CO1. The van der Waals surface area contributed by atoms with Gasteiger partial charge in [-0.1, -0.05) is 0 Å². The smallest absolute Gasteiger partial charge is 0.311 e. The van der Waals surface area contributed by atoms with Crippen LogP contribution in [0.25, 0.3) is 0 Å². The Morgan fingerprint density at radius 2 is 2.64 bits per heavy atom. The van der Waals surface area contributed by atoms with Gasteiger partial charge in [-0.2, -0.15) is 0 Å². The molecular weight excluding hydrogens is 146 g/mol. The first-order valence-electron chi connectivity index (χ1n) is 3.35. The Kier molecular flexibility index (Phi) is 2.14. The predicted octanol–water partition coefficient (Wildman–Crippen LogP) is 0.138. The summed E-state index contributed by atoms with van der Waals surface area (Å²) in [4.78, 5) is 10.8. The molecule has 0 bridgehead atoms. The number of hydrogen-bond donors (Lipinski definition) is 1. The van der Waals surface area contributed by atoms with Crippen molar-refractivity contribution in [2.75, 3.05) is 7.11 Å². The van der Waals surface area contributed by atoms with E-state index in [4.69, 9.17) is 10.5 Å². The third kappa shape index (κ3) is 1.94. The van der Waals surface area contributed by atoms with Gasteiger partial charge in [0.25, 0.3) is 0 Å². The first-order chi connectivity index (χ1) is 5.16. The van der Waals surface area contributed by atoms with E-state index in [2.05, 4.69) is 4.74 Å². The Balaban J connectivity index is 2.41. The van der Waals surface area contributed by atoms with E-state index in [0.29, 0.717) is 6.42 Å². The average molecular weight is 157 g/mol. The van der Waals surface area contributed by atoms with Crippen LogP contribution in [0.5, 0.6) is 0 Å². The largest absolute Gasteiger partial charge is 0.480 e. The molecule has 62 valence electrons. The first-order valence-corrected chi connectivity index (χ1v) is 3.35. The number of rotatable bonds is 2. The highest BCUT2D eigenvalue weighted by molar-refractivity contribution is 5.70. The maximum atomic E-state index is 10.8. The quantitative estimate of drug-likeness (QED) is 0.579.